The van der Waals surface area contributed by atoms with Gasteiger partial charge in [-0.05, 0) is 32.0 Å². The standard InChI is InChI=1S/C19H23FN2O4/c1-6-25-18(23)14(11-21(3)4)16-13-10-12(20)8-9-15(13)22(5)17(16)19(24)26-7-2/h8-11H,6-7H2,1-5H3/b14-11-. The molecule has 0 saturated heterocycles. The number of esters is 2. The summed E-state index contributed by atoms with van der Waals surface area (Å²) in [6, 6.07) is 4.17. The highest BCUT2D eigenvalue weighted by atomic mass is 19.1. The van der Waals surface area contributed by atoms with Crippen molar-refractivity contribution in [2.24, 2.45) is 7.05 Å². The van der Waals surface area contributed by atoms with Gasteiger partial charge < -0.3 is 18.9 Å². The van der Waals surface area contributed by atoms with E-state index in [1.54, 1.807) is 56.7 Å². The number of hydrogen-bond acceptors (Lipinski definition) is 5. The van der Waals surface area contributed by atoms with E-state index >= 15 is 0 Å². The van der Waals surface area contributed by atoms with Gasteiger partial charge in [0, 0.05) is 43.8 Å². The number of carbonyl (C=O) groups excluding carboxylic acids is 2. The van der Waals surface area contributed by atoms with Crippen LogP contribution in [0, 0.1) is 5.82 Å². The molecule has 7 heteroatoms. The number of benzene rings is 1. The third-order valence-corrected chi connectivity index (χ3v) is 3.78. The molecule has 2 aromatic rings. The number of fused-ring (bicyclic) bond motifs is 1. The number of rotatable bonds is 6. The van der Waals surface area contributed by atoms with Crippen molar-refractivity contribution >= 4 is 28.4 Å². The van der Waals surface area contributed by atoms with E-state index in [9.17, 15) is 14.0 Å². The summed E-state index contributed by atoms with van der Waals surface area (Å²) in [7, 11) is 5.17. The number of aromatic nitrogens is 1. The Bertz CT molecular complexity index is 868. The average molecular weight is 362 g/mol. The quantitative estimate of drug-likeness (QED) is 0.584. The first kappa shape index (κ1) is 19.5. The molecule has 0 atom stereocenters. The van der Waals surface area contributed by atoms with Crippen molar-refractivity contribution < 1.29 is 23.5 Å². The van der Waals surface area contributed by atoms with Crippen molar-refractivity contribution in [1.29, 1.82) is 0 Å². The first-order chi connectivity index (χ1) is 12.3. The maximum absolute atomic E-state index is 13.9. The van der Waals surface area contributed by atoms with Crippen LogP contribution >= 0.6 is 0 Å². The second kappa shape index (κ2) is 8.03. The smallest absolute Gasteiger partial charge is 0.355 e. The van der Waals surface area contributed by atoms with Gasteiger partial charge in [0.15, 0.2) is 0 Å². The first-order valence-corrected chi connectivity index (χ1v) is 8.32. The molecule has 0 aliphatic heterocycles. The Labute approximate surface area is 151 Å². The van der Waals surface area contributed by atoms with Crippen molar-refractivity contribution in [2.45, 2.75) is 13.8 Å². The topological polar surface area (TPSA) is 60.8 Å². The maximum Gasteiger partial charge on any atom is 0.355 e. The molecule has 0 bridgehead atoms. The predicted molar refractivity (Wildman–Crippen MR) is 97.1 cm³/mol. The molecule has 0 N–H and O–H groups in total. The second-order valence-corrected chi connectivity index (χ2v) is 5.89. The molecule has 2 rings (SSSR count). The normalized spacial score (nSPS) is 11.5. The fourth-order valence-electron chi connectivity index (χ4n) is 2.81. The number of halogens is 1. The molecule has 6 nitrogen and oxygen atoms in total. The average Bonchev–Trinajstić information content (AvgIpc) is 2.85. The van der Waals surface area contributed by atoms with Crippen molar-refractivity contribution in [3.05, 3.63) is 41.5 Å². The molecule has 0 aliphatic rings. The van der Waals surface area contributed by atoms with Gasteiger partial charge in [-0.15, -0.1) is 0 Å². The van der Waals surface area contributed by atoms with Gasteiger partial charge in [0.1, 0.15) is 11.5 Å². The Balaban J connectivity index is 2.87. The van der Waals surface area contributed by atoms with E-state index in [0.29, 0.717) is 16.5 Å². The highest BCUT2D eigenvalue weighted by Crippen LogP contribution is 2.33. The van der Waals surface area contributed by atoms with E-state index in [2.05, 4.69) is 0 Å². The highest BCUT2D eigenvalue weighted by molar-refractivity contribution is 6.23. The molecular formula is C19H23FN2O4. The van der Waals surface area contributed by atoms with Crippen LogP contribution in [0.3, 0.4) is 0 Å². The summed E-state index contributed by atoms with van der Waals surface area (Å²) in [4.78, 5) is 26.8. The van der Waals surface area contributed by atoms with Gasteiger partial charge in [0.25, 0.3) is 0 Å². The molecule has 0 spiro atoms. The van der Waals surface area contributed by atoms with E-state index in [0.717, 1.165) is 0 Å². The Morgan fingerprint density at radius 3 is 2.42 bits per heavy atom. The fraction of sp³-hybridized carbons (Fsp3) is 0.368. The van der Waals surface area contributed by atoms with E-state index in [1.807, 2.05) is 0 Å². The summed E-state index contributed by atoms with van der Waals surface area (Å²) in [6.07, 6.45) is 1.56. The number of ether oxygens (including phenoxy) is 2. The van der Waals surface area contributed by atoms with Crippen LogP contribution in [-0.4, -0.2) is 48.7 Å². The van der Waals surface area contributed by atoms with Crippen molar-refractivity contribution in [3.8, 4) is 0 Å². The van der Waals surface area contributed by atoms with Crippen molar-refractivity contribution in [1.82, 2.24) is 9.47 Å². The summed E-state index contributed by atoms with van der Waals surface area (Å²) < 4.78 is 25.8. The van der Waals surface area contributed by atoms with Gasteiger partial charge >= 0.3 is 11.9 Å². The molecule has 0 aliphatic carbocycles. The fourth-order valence-corrected chi connectivity index (χ4v) is 2.81. The Morgan fingerprint density at radius 1 is 1.19 bits per heavy atom. The molecule has 1 aromatic heterocycles. The maximum atomic E-state index is 13.9. The third kappa shape index (κ3) is 3.71. The van der Waals surface area contributed by atoms with E-state index < -0.39 is 17.8 Å². The van der Waals surface area contributed by atoms with Gasteiger partial charge in [-0.3, -0.25) is 0 Å². The van der Waals surface area contributed by atoms with Crippen LogP contribution in [0.25, 0.3) is 16.5 Å². The molecule has 0 saturated carbocycles. The Morgan fingerprint density at radius 2 is 1.85 bits per heavy atom. The van der Waals surface area contributed by atoms with Gasteiger partial charge in [-0.25, -0.2) is 14.0 Å². The lowest BCUT2D eigenvalue weighted by Crippen LogP contribution is -2.16. The van der Waals surface area contributed by atoms with Crippen LogP contribution in [0.5, 0.6) is 0 Å². The Hall–Kier alpha value is -2.83. The summed E-state index contributed by atoms with van der Waals surface area (Å²) >= 11 is 0. The lowest BCUT2D eigenvalue weighted by Gasteiger charge is -2.13. The second-order valence-electron chi connectivity index (χ2n) is 5.89. The molecule has 140 valence electrons. The summed E-state index contributed by atoms with van der Waals surface area (Å²) in [5.74, 6) is -1.65. The molecule has 0 radical (unpaired) electrons. The van der Waals surface area contributed by atoms with Crippen LogP contribution in [-0.2, 0) is 21.3 Å². The number of aryl methyl sites for hydroxylation is 1. The lowest BCUT2D eigenvalue weighted by molar-refractivity contribution is -0.136. The molecule has 1 heterocycles. The number of nitrogens with zero attached hydrogens (tertiary/aromatic N) is 2. The summed E-state index contributed by atoms with van der Waals surface area (Å²) in [5.41, 5.74) is 1.25. The molecule has 0 unspecified atom stereocenters. The van der Waals surface area contributed by atoms with Crippen LogP contribution in [0.15, 0.2) is 24.4 Å². The van der Waals surface area contributed by atoms with Crippen LogP contribution in [0.4, 0.5) is 4.39 Å². The number of carbonyl (C=O) groups is 2. The highest BCUT2D eigenvalue weighted by Gasteiger charge is 2.29. The van der Waals surface area contributed by atoms with Crippen molar-refractivity contribution in [2.75, 3.05) is 27.3 Å². The van der Waals surface area contributed by atoms with Crippen molar-refractivity contribution in [3.63, 3.8) is 0 Å². The molecule has 0 fully saturated rings. The molecule has 0 amide bonds. The summed E-state index contributed by atoms with van der Waals surface area (Å²) in [5, 5.41) is 0.441. The van der Waals surface area contributed by atoms with Gasteiger partial charge in [-0.2, -0.15) is 0 Å². The SMILES string of the molecule is CCOC(=O)/C(=C\N(C)C)c1c(C(=O)OCC)n(C)c2ccc(F)cc12. The molecular weight excluding hydrogens is 339 g/mol. The predicted octanol–water partition coefficient (Wildman–Crippen LogP) is 2.96. The minimum atomic E-state index is -0.594. The molecule has 1 aromatic carbocycles. The van der Waals surface area contributed by atoms with E-state index in [-0.39, 0.29) is 24.5 Å². The van der Waals surface area contributed by atoms with Gasteiger partial charge in [0.2, 0.25) is 0 Å². The largest absolute Gasteiger partial charge is 0.462 e. The summed E-state index contributed by atoms with van der Waals surface area (Å²) in [6.45, 7) is 3.75. The van der Waals surface area contributed by atoms with Crippen LogP contribution in [0.1, 0.15) is 29.9 Å². The van der Waals surface area contributed by atoms with Crippen LogP contribution in [0.2, 0.25) is 0 Å². The minimum absolute atomic E-state index is 0.163. The first-order valence-electron chi connectivity index (χ1n) is 8.32. The molecule has 26 heavy (non-hydrogen) atoms. The number of hydrogen-bond donors (Lipinski definition) is 0. The van der Waals surface area contributed by atoms with Gasteiger partial charge in [0.05, 0.1) is 18.8 Å². The minimum Gasteiger partial charge on any atom is -0.462 e. The lowest BCUT2D eigenvalue weighted by atomic mass is 10.0. The van der Waals surface area contributed by atoms with Crippen LogP contribution < -0.4 is 0 Å². The van der Waals surface area contributed by atoms with E-state index in [1.165, 1.54) is 12.1 Å². The van der Waals surface area contributed by atoms with Gasteiger partial charge in [-0.1, -0.05) is 0 Å². The zero-order valence-electron chi connectivity index (χ0n) is 15.6. The monoisotopic (exact) mass is 362 g/mol. The Kier molecular flexibility index (Phi) is 6.02. The zero-order chi connectivity index (χ0) is 19.4. The van der Waals surface area contributed by atoms with E-state index in [4.69, 9.17) is 9.47 Å². The third-order valence-electron chi connectivity index (χ3n) is 3.78. The zero-order valence-corrected chi connectivity index (χ0v) is 15.6.